The first-order valence-corrected chi connectivity index (χ1v) is 7.16. The summed E-state index contributed by atoms with van der Waals surface area (Å²) in [6.45, 7) is 1.52. The molecule has 0 N–H and O–H groups in total. The Morgan fingerprint density at radius 3 is 2.52 bits per heavy atom. The van der Waals surface area contributed by atoms with E-state index in [2.05, 4.69) is 15.9 Å². The standard InChI is InChI=1S/C15H10BrClF2O2/c1-8(21-14-5-3-10(16)7-11(14)17)15(20)9-2-4-12(18)13(19)6-9/h2-8H,1H3. The molecule has 0 aliphatic heterocycles. The molecule has 2 nitrogen and oxygen atoms in total. The zero-order valence-corrected chi connectivity index (χ0v) is 13.2. The Kier molecular flexibility index (Phi) is 4.96. The van der Waals surface area contributed by atoms with Crippen LogP contribution in [0.3, 0.4) is 0 Å². The summed E-state index contributed by atoms with van der Waals surface area (Å²) in [6, 6.07) is 7.93. The van der Waals surface area contributed by atoms with Crippen molar-refractivity contribution in [1.82, 2.24) is 0 Å². The molecule has 110 valence electrons. The van der Waals surface area contributed by atoms with Gasteiger partial charge in [0, 0.05) is 10.0 Å². The Labute approximate surface area is 133 Å². The molecule has 0 bridgehead atoms. The highest BCUT2D eigenvalue weighted by molar-refractivity contribution is 9.10. The van der Waals surface area contributed by atoms with Crippen LogP contribution in [-0.4, -0.2) is 11.9 Å². The second kappa shape index (κ2) is 6.54. The van der Waals surface area contributed by atoms with Crippen molar-refractivity contribution >= 4 is 33.3 Å². The van der Waals surface area contributed by atoms with Gasteiger partial charge in [0.1, 0.15) is 5.75 Å². The van der Waals surface area contributed by atoms with E-state index in [1.54, 1.807) is 18.2 Å². The molecule has 2 rings (SSSR count). The van der Waals surface area contributed by atoms with E-state index in [0.29, 0.717) is 10.8 Å². The molecule has 2 aromatic rings. The van der Waals surface area contributed by atoms with E-state index in [0.717, 1.165) is 16.6 Å². The van der Waals surface area contributed by atoms with Gasteiger partial charge in [0.2, 0.25) is 5.78 Å². The second-order valence-electron chi connectivity index (χ2n) is 4.33. The van der Waals surface area contributed by atoms with Gasteiger partial charge < -0.3 is 4.74 Å². The van der Waals surface area contributed by atoms with E-state index in [1.807, 2.05) is 0 Å². The molecule has 0 aromatic heterocycles. The Morgan fingerprint density at radius 1 is 1.19 bits per heavy atom. The summed E-state index contributed by atoms with van der Waals surface area (Å²) < 4.78 is 32.3. The maximum atomic E-state index is 13.1. The van der Waals surface area contributed by atoms with Crippen LogP contribution in [0.25, 0.3) is 0 Å². The molecule has 0 radical (unpaired) electrons. The largest absolute Gasteiger partial charge is 0.481 e. The van der Waals surface area contributed by atoms with Gasteiger partial charge in [-0.3, -0.25) is 4.79 Å². The highest BCUT2D eigenvalue weighted by atomic mass is 79.9. The number of Topliss-reactive ketones (excluding diaryl/α,β-unsaturated/α-hetero) is 1. The molecule has 0 aliphatic rings. The third-order valence-electron chi connectivity index (χ3n) is 2.77. The van der Waals surface area contributed by atoms with Crippen molar-refractivity contribution in [1.29, 1.82) is 0 Å². The minimum atomic E-state index is -1.07. The smallest absolute Gasteiger partial charge is 0.203 e. The lowest BCUT2D eigenvalue weighted by Gasteiger charge is -2.15. The zero-order valence-electron chi connectivity index (χ0n) is 10.9. The fraction of sp³-hybridized carbons (Fsp3) is 0.133. The van der Waals surface area contributed by atoms with Crippen molar-refractivity contribution in [2.24, 2.45) is 0 Å². The zero-order chi connectivity index (χ0) is 15.6. The predicted octanol–water partition coefficient (Wildman–Crippen LogP) is 5.03. The van der Waals surface area contributed by atoms with E-state index in [-0.39, 0.29) is 5.56 Å². The third-order valence-corrected chi connectivity index (χ3v) is 3.56. The predicted molar refractivity (Wildman–Crippen MR) is 79.9 cm³/mol. The number of carbonyl (C=O) groups is 1. The second-order valence-corrected chi connectivity index (χ2v) is 5.65. The van der Waals surface area contributed by atoms with E-state index in [4.69, 9.17) is 16.3 Å². The van der Waals surface area contributed by atoms with Gasteiger partial charge >= 0.3 is 0 Å². The van der Waals surface area contributed by atoms with Crippen LogP contribution in [-0.2, 0) is 0 Å². The van der Waals surface area contributed by atoms with Crippen LogP contribution in [0, 0.1) is 11.6 Å². The first-order valence-electron chi connectivity index (χ1n) is 5.99. The molecule has 0 spiro atoms. The van der Waals surface area contributed by atoms with Gasteiger partial charge in [-0.1, -0.05) is 27.5 Å². The fourth-order valence-corrected chi connectivity index (χ4v) is 2.42. The van der Waals surface area contributed by atoms with Crippen LogP contribution in [0.1, 0.15) is 17.3 Å². The average molecular weight is 376 g/mol. The summed E-state index contributed by atoms with van der Waals surface area (Å²) in [5.41, 5.74) is 0.0367. The lowest BCUT2D eigenvalue weighted by atomic mass is 10.1. The quantitative estimate of drug-likeness (QED) is 0.701. The lowest BCUT2D eigenvalue weighted by Crippen LogP contribution is -2.24. The monoisotopic (exact) mass is 374 g/mol. The summed E-state index contributed by atoms with van der Waals surface area (Å²) >= 11 is 9.25. The van der Waals surface area contributed by atoms with Gasteiger partial charge in [-0.25, -0.2) is 8.78 Å². The number of benzene rings is 2. The molecule has 6 heteroatoms. The van der Waals surface area contributed by atoms with Crippen LogP contribution in [0.15, 0.2) is 40.9 Å². The molecule has 2 aromatic carbocycles. The van der Waals surface area contributed by atoms with Crippen molar-refractivity contribution in [3.63, 3.8) is 0 Å². The number of hydrogen-bond acceptors (Lipinski definition) is 2. The summed E-state index contributed by atoms with van der Waals surface area (Å²) in [5, 5.41) is 0.342. The van der Waals surface area contributed by atoms with E-state index in [1.165, 1.54) is 13.0 Å². The SMILES string of the molecule is CC(Oc1ccc(Br)cc1Cl)C(=O)c1ccc(F)c(F)c1. The highest BCUT2D eigenvalue weighted by Crippen LogP contribution is 2.29. The molecule has 1 unspecified atom stereocenters. The summed E-state index contributed by atoms with van der Waals surface area (Å²) in [5.74, 6) is -2.21. The van der Waals surface area contributed by atoms with Crippen molar-refractivity contribution in [2.45, 2.75) is 13.0 Å². The summed E-state index contributed by atoms with van der Waals surface area (Å²) in [4.78, 5) is 12.1. The molecule has 0 aliphatic carbocycles. The topological polar surface area (TPSA) is 26.3 Å². The van der Waals surface area contributed by atoms with Crippen molar-refractivity contribution < 1.29 is 18.3 Å². The highest BCUT2D eigenvalue weighted by Gasteiger charge is 2.19. The van der Waals surface area contributed by atoms with Crippen LogP contribution in [0.4, 0.5) is 8.78 Å². The van der Waals surface area contributed by atoms with Crippen molar-refractivity contribution in [3.8, 4) is 5.75 Å². The van der Waals surface area contributed by atoms with Gasteiger partial charge in [0.25, 0.3) is 0 Å². The van der Waals surface area contributed by atoms with Gasteiger partial charge in [0.05, 0.1) is 5.02 Å². The minimum Gasteiger partial charge on any atom is -0.481 e. The third kappa shape index (κ3) is 3.80. The molecule has 0 heterocycles. The fourth-order valence-electron chi connectivity index (χ4n) is 1.70. The molecule has 0 saturated heterocycles. The van der Waals surface area contributed by atoms with Crippen LogP contribution in [0.5, 0.6) is 5.75 Å². The molecule has 1 atom stereocenters. The molecular weight excluding hydrogens is 366 g/mol. The molecular formula is C15H10BrClF2O2. The molecule has 0 fully saturated rings. The molecule has 0 saturated carbocycles. The van der Waals surface area contributed by atoms with E-state index >= 15 is 0 Å². The Morgan fingerprint density at radius 2 is 1.90 bits per heavy atom. The maximum Gasteiger partial charge on any atom is 0.203 e. The Balaban J connectivity index is 2.17. The normalized spacial score (nSPS) is 12.0. The van der Waals surface area contributed by atoms with Gasteiger partial charge in [-0.05, 0) is 43.3 Å². The number of ether oxygens (including phenoxy) is 1. The van der Waals surface area contributed by atoms with Gasteiger partial charge in [0.15, 0.2) is 17.7 Å². The number of rotatable bonds is 4. The molecule has 0 amide bonds. The van der Waals surface area contributed by atoms with Crippen molar-refractivity contribution in [2.75, 3.05) is 0 Å². The maximum absolute atomic E-state index is 13.1. The first kappa shape index (κ1) is 15.9. The number of hydrogen-bond donors (Lipinski definition) is 0. The number of halogens is 4. The van der Waals surface area contributed by atoms with Gasteiger partial charge in [-0.15, -0.1) is 0 Å². The summed E-state index contributed by atoms with van der Waals surface area (Å²) in [6.07, 6.45) is -0.881. The average Bonchev–Trinajstić information content (AvgIpc) is 2.44. The minimum absolute atomic E-state index is 0.0367. The first-order chi connectivity index (χ1) is 9.88. The number of ketones is 1. The van der Waals surface area contributed by atoms with Crippen LogP contribution < -0.4 is 4.74 Å². The van der Waals surface area contributed by atoms with Gasteiger partial charge in [-0.2, -0.15) is 0 Å². The van der Waals surface area contributed by atoms with Crippen molar-refractivity contribution in [3.05, 3.63) is 63.1 Å². The molecule has 21 heavy (non-hydrogen) atoms. The van der Waals surface area contributed by atoms with Crippen LogP contribution in [0.2, 0.25) is 5.02 Å². The lowest BCUT2D eigenvalue weighted by molar-refractivity contribution is 0.0817. The van der Waals surface area contributed by atoms with E-state index in [9.17, 15) is 13.6 Å². The summed E-state index contributed by atoms with van der Waals surface area (Å²) in [7, 11) is 0. The van der Waals surface area contributed by atoms with E-state index < -0.39 is 23.5 Å². The Bertz CT molecular complexity index is 691. The Hall–Kier alpha value is -1.46. The number of carbonyl (C=O) groups excluding carboxylic acids is 1. The van der Waals surface area contributed by atoms with Crippen LogP contribution >= 0.6 is 27.5 Å².